The van der Waals surface area contributed by atoms with Crippen LogP contribution in [0, 0.1) is 13.8 Å². The molecule has 0 bridgehead atoms. The van der Waals surface area contributed by atoms with Crippen molar-refractivity contribution in [2.75, 3.05) is 18.5 Å². The number of benzene rings is 3. The highest BCUT2D eigenvalue weighted by Crippen LogP contribution is 2.28. The van der Waals surface area contributed by atoms with Gasteiger partial charge in [0.05, 0.1) is 12.8 Å². The minimum absolute atomic E-state index is 0.199. The van der Waals surface area contributed by atoms with Crippen molar-refractivity contribution in [3.05, 3.63) is 89.0 Å². The molecule has 3 rings (SSSR count). The van der Waals surface area contributed by atoms with E-state index in [2.05, 4.69) is 21.2 Å². The monoisotopic (exact) mass is 502 g/mol. The van der Waals surface area contributed by atoms with E-state index < -0.39 is 11.8 Å². The number of nitrogens with one attached hydrogen (secondary N) is 3. The summed E-state index contributed by atoms with van der Waals surface area (Å²) in [5, 5.41) is 9.22. The van der Waals surface area contributed by atoms with E-state index in [1.54, 1.807) is 18.2 Å². The van der Waals surface area contributed by atoms with Crippen LogP contribution < -0.4 is 25.5 Å². The first-order valence-corrected chi connectivity index (χ1v) is 11.8. The van der Waals surface area contributed by atoms with Crippen LogP contribution in [0.15, 0.2) is 71.8 Å². The fourth-order valence-corrected chi connectivity index (χ4v) is 3.27. The maximum Gasteiger partial charge on any atom is 0.329 e. The molecule has 0 unspecified atom stereocenters. The van der Waals surface area contributed by atoms with Gasteiger partial charge in [-0.2, -0.15) is 5.10 Å². The molecule has 0 heterocycles. The second-order valence-electron chi connectivity index (χ2n) is 8.16. The Bertz CT molecular complexity index is 1270. The number of nitrogens with zero attached hydrogens (tertiary/aromatic N) is 1. The molecule has 37 heavy (non-hydrogen) atoms. The van der Waals surface area contributed by atoms with Gasteiger partial charge in [0.2, 0.25) is 0 Å². The Morgan fingerprint density at radius 1 is 0.892 bits per heavy atom. The van der Waals surface area contributed by atoms with Gasteiger partial charge in [-0.3, -0.25) is 14.4 Å². The number of carbonyl (C=O) groups is 3. The molecule has 0 aromatic heterocycles. The van der Waals surface area contributed by atoms with Gasteiger partial charge in [-0.1, -0.05) is 42.5 Å². The Morgan fingerprint density at radius 3 is 2.43 bits per heavy atom. The number of hydrogen-bond donors (Lipinski definition) is 3. The van der Waals surface area contributed by atoms with Crippen molar-refractivity contribution in [1.82, 2.24) is 10.7 Å². The van der Waals surface area contributed by atoms with E-state index in [0.717, 1.165) is 22.4 Å². The predicted octanol–water partition coefficient (Wildman–Crippen LogP) is 3.49. The van der Waals surface area contributed by atoms with Crippen molar-refractivity contribution in [3.8, 4) is 11.5 Å². The SMILES string of the molecule is CCOc1cc(/C=N\NC(=O)C(=O)NCc2ccccc2)ccc1OCC(=O)Nc1cc(C)ccc1C. The molecule has 0 saturated carbocycles. The molecule has 0 aliphatic carbocycles. The van der Waals surface area contributed by atoms with E-state index in [9.17, 15) is 14.4 Å². The van der Waals surface area contributed by atoms with Gasteiger partial charge in [-0.15, -0.1) is 0 Å². The molecule has 192 valence electrons. The average Bonchev–Trinajstić information content (AvgIpc) is 2.89. The van der Waals surface area contributed by atoms with Crippen molar-refractivity contribution in [2.45, 2.75) is 27.3 Å². The highest BCUT2D eigenvalue weighted by Gasteiger charge is 2.13. The van der Waals surface area contributed by atoms with Gasteiger partial charge in [-0.05, 0) is 67.3 Å². The lowest BCUT2D eigenvalue weighted by molar-refractivity contribution is -0.139. The summed E-state index contributed by atoms with van der Waals surface area (Å²) in [5.41, 5.74) is 6.41. The standard InChI is InChI=1S/C28H30N4O5/c1-4-36-25-15-22(17-30-32-28(35)27(34)29-16-21-8-6-5-7-9-21)12-13-24(25)37-18-26(33)31-23-14-19(2)10-11-20(23)3/h5-15,17H,4,16,18H2,1-3H3,(H,29,34)(H,31,33)(H,32,35)/b30-17-. The van der Waals surface area contributed by atoms with Crippen LogP contribution in [0.1, 0.15) is 29.2 Å². The fraction of sp³-hybridized carbons (Fsp3) is 0.214. The van der Waals surface area contributed by atoms with Gasteiger partial charge in [0.25, 0.3) is 5.91 Å². The van der Waals surface area contributed by atoms with E-state index in [1.807, 2.05) is 69.3 Å². The van der Waals surface area contributed by atoms with Crippen molar-refractivity contribution >= 4 is 29.6 Å². The Kier molecular flexibility index (Phi) is 9.78. The maximum absolute atomic E-state index is 12.4. The number of hydrogen-bond acceptors (Lipinski definition) is 6. The third-order valence-electron chi connectivity index (χ3n) is 5.18. The largest absolute Gasteiger partial charge is 0.490 e. The molecule has 0 atom stereocenters. The van der Waals surface area contributed by atoms with E-state index in [0.29, 0.717) is 23.7 Å². The molecule has 9 nitrogen and oxygen atoms in total. The Hall–Kier alpha value is -4.66. The van der Waals surface area contributed by atoms with Gasteiger partial charge in [0, 0.05) is 12.2 Å². The maximum atomic E-state index is 12.4. The van der Waals surface area contributed by atoms with Crippen LogP contribution in [-0.2, 0) is 20.9 Å². The molecule has 3 aromatic carbocycles. The summed E-state index contributed by atoms with van der Waals surface area (Å²) in [6.07, 6.45) is 1.38. The quantitative estimate of drug-likeness (QED) is 0.223. The molecule has 3 amide bonds. The Labute approximate surface area is 215 Å². The van der Waals surface area contributed by atoms with Crippen LogP contribution in [0.2, 0.25) is 0 Å². The number of amides is 3. The summed E-state index contributed by atoms with van der Waals surface area (Å²) >= 11 is 0. The summed E-state index contributed by atoms with van der Waals surface area (Å²) in [6, 6.07) is 20.1. The minimum atomic E-state index is -0.882. The first kappa shape index (κ1) is 26.9. The molecule has 0 saturated heterocycles. The van der Waals surface area contributed by atoms with Gasteiger partial charge in [-0.25, -0.2) is 5.43 Å². The topological polar surface area (TPSA) is 118 Å². The van der Waals surface area contributed by atoms with Gasteiger partial charge >= 0.3 is 11.8 Å². The molecule has 3 N–H and O–H groups in total. The summed E-state index contributed by atoms with van der Waals surface area (Å²) in [6.45, 7) is 6.11. The van der Waals surface area contributed by atoms with Crippen molar-refractivity contribution in [2.24, 2.45) is 5.10 Å². The van der Waals surface area contributed by atoms with Crippen molar-refractivity contribution in [1.29, 1.82) is 0 Å². The molecule has 0 fully saturated rings. The molecular formula is C28H30N4O5. The van der Waals surface area contributed by atoms with E-state index in [1.165, 1.54) is 6.21 Å². The number of ether oxygens (including phenoxy) is 2. The summed E-state index contributed by atoms with van der Waals surface area (Å²) in [7, 11) is 0. The average molecular weight is 503 g/mol. The van der Waals surface area contributed by atoms with Crippen LogP contribution in [0.4, 0.5) is 5.69 Å². The third-order valence-corrected chi connectivity index (χ3v) is 5.18. The second kappa shape index (κ2) is 13.4. The summed E-state index contributed by atoms with van der Waals surface area (Å²) in [4.78, 5) is 36.3. The predicted molar refractivity (Wildman–Crippen MR) is 142 cm³/mol. The molecule has 0 radical (unpaired) electrons. The lowest BCUT2D eigenvalue weighted by atomic mass is 10.1. The van der Waals surface area contributed by atoms with E-state index in [-0.39, 0.29) is 19.1 Å². The lowest BCUT2D eigenvalue weighted by Crippen LogP contribution is -2.37. The van der Waals surface area contributed by atoms with E-state index >= 15 is 0 Å². The van der Waals surface area contributed by atoms with E-state index in [4.69, 9.17) is 9.47 Å². The van der Waals surface area contributed by atoms with Gasteiger partial charge in [0.15, 0.2) is 18.1 Å². The van der Waals surface area contributed by atoms with Gasteiger partial charge in [0.1, 0.15) is 0 Å². The third kappa shape index (κ3) is 8.50. The first-order valence-electron chi connectivity index (χ1n) is 11.8. The molecule has 3 aromatic rings. The van der Waals surface area contributed by atoms with Crippen molar-refractivity contribution in [3.63, 3.8) is 0 Å². The van der Waals surface area contributed by atoms with Crippen molar-refractivity contribution < 1.29 is 23.9 Å². The van der Waals surface area contributed by atoms with Crippen LogP contribution in [0.5, 0.6) is 11.5 Å². The van der Waals surface area contributed by atoms with Crippen LogP contribution in [0.25, 0.3) is 0 Å². The zero-order chi connectivity index (χ0) is 26.6. The highest BCUT2D eigenvalue weighted by atomic mass is 16.5. The minimum Gasteiger partial charge on any atom is -0.490 e. The second-order valence-corrected chi connectivity index (χ2v) is 8.16. The summed E-state index contributed by atoms with van der Waals surface area (Å²) < 4.78 is 11.3. The lowest BCUT2D eigenvalue weighted by Gasteiger charge is -2.13. The molecule has 0 aliphatic rings. The smallest absolute Gasteiger partial charge is 0.329 e. The normalized spacial score (nSPS) is 10.6. The summed E-state index contributed by atoms with van der Waals surface area (Å²) in [5.74, 6) is -1.17. The highest BCUT2D eigenvalue weighted by molar-refractivity contribution is 6.35. The van der Waals surface area contributed by atoms with Gasteiger partial charge < -0.3 is 20.1 Å². The zero-order valence-corrected chi connectivity index (χ0v) is 21.0. The fourth-order valence-electron chi connectivity index (χ4n) is 3.27. The number of anilines is 1. The Morgan fingerprint density at radius 2 is 1.68 bits per heavy atom. The van der Waals surface area contributed by atoms with Crippen LogP contribution in [0.3, 0.4) is 0 Å². The number of carbonyl (C=O) groups excluding carboxylic acids is 3. The first-order chi connectivity index (χ1) is 17.9. The molecule has 0 spiro atoms. The molecule has 0 aliphatic heterocycles. The molecule has 9 heteroatoms. The van der Waals surface area contributed by atoms with Crippen LogP contribution in [-0.4, -0.2) is 37.1 Å². The van der Waals surface area contributed by atoms with Crippen LogP contribution >= 0.6 is 0 Å². The number of rotatable bonds is 10. The molecular weight excluding hydrogens is 472 g/mol. The number of aryl methyl sites for hydroxylation is 2. The number of hydrazone groups is 1. The Balaban J connectivity index is 1.54. The zero-order valence-electron chi connectivity index (χ0n) is 21.0.